The zero-order valence-electron chi connectivity index (χ0n) is 13.9. The molecule has 0 aliphatic rings. The molecule has 0 bridgehead atoms. The summed E-state index contributed by atoms with van der Waals surface area (Å²) in [5.74, 6) is 0.934. The van der Waals surface area contributed by atoms with Crippen LogP contribution < -0.4 is 14.9 Å². The molecule has 0 aliphatic carbocycles. The van der Waals surface area contributed by atoms with Crippen molar-refractivity contribution >= 4 is 35.3 Å². The lowest BCUT2D eigenvalue weighted by Crippen LogP contribution is -2.12. The average molecular weight is 381 g/mol. The number of nitrogens with zero attached hydrogens (tertiary/aromatic N) is 1. The summed E-state index contributed by atoms with van der Waals surface area (Å²) in [6, 6.07) is 11.0. The highest BCUT2D eigenvalue weighted by Crippen LogP contribution is 2.33. The van der Waals surface area contributed by atoms with Gasteiger partial charge in [-0.15, -0.1) is 0 Å². The van der Waals surface area contributed by atoms with Gasteiger partial charge in [-0.25, -0.2) is 5.43 Å². The van der Waals surface area contributed by atoms with Gasteiger partial charge in [-0.2, -0.15) is 5.10 Å². The minimum Gasteiger partial charge on any atom is -0.490 e. The number of hydrogen-bond donors (Lipinski definition) is 1. The van der Waals surface area contributed by atoms with Gasteiger partial charge < -0.3 is 9.47 Å². The molecule has 0 fully saturated rings. The van der Waals surface area contributed by atoms with Gasteiger partial charge in [0.05, 0.1) is 16.3 Å². The number of carbonyl (C=O) groups is 1. The maximum absolute atomic E-state index is 10.8. The van der Waals surface area contributed by atoms with Crippen molar-refractivity contribution in [3.8, 4) is 11.5 Å². The standard InChI is InChI=1S/C18H18Cl2N2O3/c1-12-5-3-4-6-17(12)24-7-8-25-18-15(19)9-14(10-16(18)20)11-21-22-13(2)23/h3-6,9-11H,7-8H2,1-2H3,(H,22,23). The number of nitrogens with one attached hydrogen (secondary N) is 1. The number of hydrogen-bond acceptors (Lipinski definition) is 4. The molecule has 0 aromatic heterocycles. The van der Waals surface area contributed by atoms with E-state index in [4.69, 9.17) is 32.7 Å². The zero-order chi connectivity index (χ0) is 18.2. The first-order valence-electron chi connectivity index (χ1n) is 7.57. The van der Waals surface area contributed by atoms with Crippen LogP contribution in [0.4, 0.5) is 0 Å². The van der Waals surface area contributed by atoms with E-state index in [0.29, 0.717) is 34.6 Å². The van der Waals surface area contributed by atoms with Crippen LogP contribution in [0.5, 0.6) is 11.5 Å². The van der Waals surface area contributed by atoms with Crippen molar-refractivity contribution in [2.45, 2.75) is 13.8 Å². The van der Waals surface area contributed by atoms with E-state index in [1.807, 2.05) is 31.2 Å². The minimum atomic E-state index is -0.262. The van der Waals surface area contributed by atoms with Crippen molar-refractivity contribution in [1.29, 1.82) is 0 Å². The van der Waals surface area contributed by atoms with Crippen LogP contribution >= 0.6 is 23.2 Å². The Morgan fingerprint density at radius 3 is 2.44 bits per heavy atom. The predicted octanol–water partition coefficient (Wildman–Crippen LogP) is 4.23. The lowest BCUT2D eigenvalue weighted by Gasteiger charge is -2.12. The molecule has 2 aromatic rings. The van der Waals surface area contributed by atoms with Gasteiger partial charge in [0.2, 0.25) is 5.91 Å². The molecule has 25 heavy (non-hydrogen) atoms. The molecule has 0 radical (unpaired) electrons. The van der Waals surface area contributed by atoms with Crippen LogP contribution in [0.1, 0.15) is 18.1 Å². The number of amides is 1. The maximum Gasteiger partial charge on any atom is 0.236 e. The predicted molar refractivity (Wildman–Crippen MR) is 100 cm³/mol. The van der Waals surface area contributed by atoms with Crippen LogP contribution in [0, 0.1) is 6.92 Å². The Balaban J connectivity index is 1.92. The zero-order valence-corrected chi connectivity index (χ0v) is 15.4. The molecule has 0 saturated carbocycles. The van der Waals surface area contributed by atoms with E-state index in [0.717, 1.165) is 11.3 Å². The molecular weight excluding hydrogens is 363 g/mol. The molecule has 0 spiro atoms. The number of halogens is 2. The summed E-state index contributed by atoms with van der Waals surface area (Å²) >= 11 is 12.4. The Kier molecular flexibility index (Phi) is 7.10. The Morgan fingerprint density at radius 1 is 1.16 bits per heavy atom. The SMILES string of the molecule is CC(=O)NN=Cc1cc(Cl)c(OCCOc2ccccc2C)c(Cl)c1. The highest BCUT2D eigenvalue weighted by Gasteiger charge is 2.09. The lowest BCUT2D eigenvalue weighted by molar-refractivity contribution is -0.118. The fourth-order valence-corrected chi connectivity index (χ4v) is 2.62. The molecule has 132 valence electrons. The number of rotatable bonds is 7. The second-order valence-electron chi connectivity index (χ2n) is 5.20. The van der Waals surface area contributed by atoms with Crippen LogP contribution in [0.2, 0.25) is 10.0 Å². The lowest BCUT2D eigenvalue weighted by atomic mass is 10.2. The molecule has 1 amide bonds. The third-order valence-corrected chi connectivity index (χ3v) is 3.70. The third kappa shape index (κ3) is 5.96. The van der Waals surface area contributed by atoms with Crippen LogP contribution in [-0.4, -0.2) is 25.3 Å². The summed E-state index contributed by atoms with van der Waals surface area (Å²) in [5.41, 5.74) is 4.01. The van der Waals surface area contributed by atoms with Crippen LogP contribution in [0.25, 0.3) is 0 Å². The van der Waals surface area contributed by atoms with E-state index < -0.39 is 0 Å². The van der Waals surface area contributed by atoms with Crippen molar-refractivity contribution in [3.05, 3.63) is 57.6 Å². The molecule has 1 N–H and O–H groups in total. The van der Waals surface area contributed by atoms with Gasteiger partial charge in [0.15, 0.2) is 5.75 Å². The summed E-state index contributed by atoms with van der Waals surface area (Å²) in [4.78, 5) is 10.8. The number of carbonyl (C=O) groups excluding carboxylic acids is 1. The molecule has 2 rings (SSSR count). The van der Waals surface area contributed by atoms with E-state index in [1.54, 1.807) is 12.1 Å². The first kappa shape index (κ1) is 19.1. The van der Waals surface area contributed by atoms with Gasteiger partial charge >= 0.3 is 0 Å². The first-order chi connectivity index (χ1) is 12.0. The summed E-state index contributed by atoms with van der Waals surface area (Å²) < 4.78 is 11.3. The number of benzene rings is 2. The topological polar surface area (TPSA) is 59.9 Å². The van der Waals surface area contributed by atoms with Gasteiger partial charge in [-0.1, -0.05) is 41.4 Å². The molecule has 0 saturated heterocycles. The highest BCUT2D eigenvalue weighted by atomic mass is 35.5. The average Bonchev–Trinajstić information content (AvgIpc) is 2.54. The van der Waals surface area contributed by atoms with E-state index >= 15 is 0 Å². The molecule has 2 aromatic carbocycles. The van der Waals surface area contributed by atoms with Gasteiger partial charge in [0.1, 0.15) is 19.0 Å². The summed E-state index contributed by atoms with van der Waals surface area (Å²) in [6.45, 7) is 4.01. The molecule has 5 nitrogen and oxygen atoms in total. The monoisotopic (exact) mass is 380 g/mol. The fourth-order valence-electron chi connectivity index (χ4n) is 2.00. The van der Waals surface area contributed by atoms with Crippen LogP contribution in [-0.2, 0) is 4.79 Å². The number of ether oxygens (including phenoxy) is 2. The molecule has 0 heterocycles. The normalized spacial score (nSPS) is 10.7. The smallest absolute Gasteiger partial charge is 0.236 e. The largest absolute Gasteiger partial charge is 0.490 e. The minimum absolute atomic E-state index is 0.262. The number of aryl methyl sites for hydroxylation is 1. The second-order valence-corrected chi connectivity index (χ2v) is 6.02. The van der Waals surface area contributed by atoms with Gasteiger partial charge in [0, 0.05) is 6.92 Å². The van der Waals surface area contributed by atoms with E-state index in [-0.39, 0.29) is 5.91 Å². The highest BCUT2D eigenvalue weighted by molar-refractivity contribution is 6.37. The number of para-hydroxylation sites is 1. The van der Waals surface area contributed by atoms with Crippen LogP contribution in [0.15, 0.2) is 41.5 Å². The third-order valence-electron chi connectivity index (χ3n) is 3.14. The first-order valence-corrected chi connectivity index (χ1v) is 8.33. The fraction of sp³-hybridized carbons (Fsp3) is 0.222. The summed E-state index contributed by atoms with van der Waals surface area (Å²) in [5, 5.41) is 4.48. The van der Waals surface area contributed by atoms with Gasteiger partial charge in [-0.05, 0) is 36.2 Å². The quantitative estimate of drug-likeness (QED) is 0.444. The van der Waals surface area contributed by atoms with Crippen molar-refractivity contribution in [3.63, 3.8) is 0 Å². The Bertz CT molecular complexity index is 756. The van der Waals surface area contributed by atoms with Crippen molar-refractivity contribution < 1.29 is 14.3 Å². The van der Waals surface area contributed by atoms with Crippen molar-refractivity contribution in [1.82, 2.24) is 5.43 Å². The maximum atomic E-state index is 10.8. The van der Waals surface area contributed by atoms with E-state index in [2.05, 4.69) is 10.5 Å². The van der Waals surface area contributed by atoms with E-state index in [1.165, 1.54) is 13.1 Å². The Morgan fingerprint density at radius 2 is 1.80 bits per heavy atom. The Hall–Kier alpha value is -2.24. The van der Waals surface area contributed by atoms with Crippen LogP contribution in [0.3, 0.4) is 0 Å². The van der Waals surface area contributed by atoms with Gasteiger partial charge in [0.25, 0.3) is 0 Å². The Labute approximate surface area is 156 Å². The molecular formula is C18H18Cl2N2O3. The summed E-state index contributed by atoms with van der Waals surface area (Å²) in [6.07, 6.45) is 1.45. The van der Waals surface area contributed by atoms with Gasteiger partial charge in [-0.3, -0.25) is 4.79 Å². The summed E-state index contributed by atoms with van der Waals surface area (Å²) in [7, 11) is 0. The van der Waals surface area contributed by atoms with Crippen molar-refractivity contribution in [2.24, 2.45) is 5.10 Å². The molecule has 0 atom stereocenters. The second kappa shape index (κ2) is 9.30. The molecule has 0 unspecified atom stereocenters. The van der Waals surface area contributed by atoms with Crippen molar-refractivity contribution in [2.75, 3.05) is 13.2 Å². The molecule has 7 heteroatoms. The number of hydrazone groups is 1. The van der Waals surface area contributed by atoms with E-state index in [9.17, 15) is 4.79 Å². The molecule has 0 aliphatic heterocycles.